The summed E-state index contributed by atoms with van der Waals surface area (Å²) < 4.78 is 19.8. The van der Waals surface area contributed by atoms with Gasteiger partial charge >= 0.3 is 24.1 Å². The highest BCUT2D eigenvalue weighted by molar-refractivity contribution is 6.07. The smallest absolute Gasteiger partial charge is 0.407 e. The number of imide groups is 1. The SMILES string of the molecule is COc1ccc(C#CCNC2(C)CCN(C3CCN(c4nc([C@@](CO)(OC5CC5)c5ccccc5)c5cc(-c6cn(C)c(=O)c7[nH]ccc67)ccc5n4)CC3)CC2)cc1N1CCC(=O)N(CNC(=O)[C@H](CC(=O)O)NC(=O)[C@H](CCC(=O)O)NC(=O)OCC2c3ccccc3-c3ccccc32)C1=O. The van der Waals surface area contributed by atoms with E-state index in [0.29, 0.717) is 46.7 Å². The summed E-state index contributed by atoms with van der Waals surface area (Å²) in [4.78, 5) is 126. The number of nitrogens with one attached hydrogen (secondary N) is 5. The number of urea groups is 1. The van der Waals surface area contributed by atoms with E-state index < -0.39 is 85.4 Å². The van der Waals surface area contributed by atoms with Gasteiger partial charge in [-0.05, 0) is 122 Å². The van der Waals surface area contributed by atoms with Crippen molar-refractivity contribution in [3.63, 3.8) is 0 Å². The average Bonchev–Trinajstić information content (AvgIpc) is 1.70. The van der Waals surface area contributed by atoms with Gasteiger partial charge in [-0.3, -0.25) is 33.7 Å². The standard InChI is InChI=1S/C77H82N12O14/c1-76(31-38-86(39-32-76)50-28-35-87(36-29-50)73-82-60-23-20-48(58-43-85(2)72(98)68-56(58)27-34-78-68)41-57(60)69(84-73)77(45-90,103-51-21-22-51)49-13-5-4-6-14-49)80-33-11-12-47-19-25-64(101-3)63(40-47)88-37-30-65(91)89(75(88)100)46-79-70(96)62(42-67(94)95)81-71(97)61(24-26-66(92)93)83-74(99)102-44-59-54-17-9-7-15-52(54)53-16-8-10-18-55(53)59/h4-10,13-20,23,25,27,34,40-41,43,50-51,59,61-62,78,80,90H,21-22,24,26,28-33,35-39,42,44-46H2,1-3H3,(H,79,96)(H,81,97)(H,83,99)(H,92,93)(H,94,95)/t61-,62-,77-/m0/s1. The van der Waals surface area contributed by atoms with Crippen molar-refractivity contribution in [3.8, 4) is 39.8 Å². The van der Waals surface area contributed by atoms with E-state index in [-0.39, 0.29) is 49.3 Å². The summed E-state index contributed by atoms with van der Waals surface area (Å²) >= 11 is 0. The van der Waals surface area contributed by atoms with Crippen LogP contribution in [0.2, 0.25) is 0 Å². The minimum atomic E-state index is -1.80. The Bertz CT molecular complexity index is 4660. The van der Waals surface area contributed by atoms with Gasteiger partial charge in [0.05, 0.1) is 49.7 Å². The lowest BCUT2D eigenvalue weighted by molar-refractivity contribution is -0.141. The van der Waals surface area contributed by atoms with Crippen molar-refractivity contribution in [3.05, 3.63) is 172 Å². The molecule has 3 aliphatic heterocycles. The lowest BCUT2D eigenvalue weighted by atomic mass is 9.87. The number of pyridine rings is 1. The number of hydrogen-bond donors (Lipinski definition) is 8. The Morgan fingerprint density at radius 2 is 1.50 bits per heavy atom. The Labute approximate surface area is 593 Å². The van der Waals surface area contributed by atoms with Gasteiger partial charge in [0.1, 0.15) is 36.6 Å². The monoisotopic (exact) mass is 1400 g/mol. The first kappa shape index (κ1) is 70.5. The number of methoxy groups -OCH3 is 1. The topological polar surface area (TPSA) is 333 Å². The number of carbonyl (C=O) groups excluding carboxylic acids is 5. The Kier molecular flexibility index (Phi) is 20.7. The number of aliphatic carboxylic acids is 2. The highest BCUT2D eigenvalue weighted by atomic mass is 16.5. The summed E-state index contributed by atoms with van der Waals surface area (Å²) in [6.07, 6.45) is 5.71. The van der Waals surface area contributed by atoms with Crippen molar-refractivity contribution in [1.82, 2.24) is 50.6 Å². The molecule has 4 fully saturated rings. The van der Waals surface area contributed by atoms with Crippen LogP contribution in [0.4, 0.5) is 21.2 Å². The van der Waals surface area contributed by atoms with Crippen molar-refractivity contribution in [2.24, 2.45) is 7.05 Å². The fourth-order valence-corrected chi connectivity index (χ4v) is 14.6. The van der Waals surface area contributed by atoms with E-state index >= 15 is 0 Å². The number of piperidine rings is 2. The molecule has 6 heterocycles. The lowest BCUT2D eigenvalue weighted by Gasteiger charge is -2.45. The van der Waals surface area contributed by atoms with Crippen LogP contribution in [0, 0.1) is 11.8 Å². The maximum absolute atomic E-state index is 14.2. The number of ether oxygens (including phenoxy) is 3. The highest BCUT2D eigenvalue weighted by Crippen LogP contribution is 2.46. The minimum Gasteiger partial charge on any atom is -0.495 e. The summed E-state index contributed by atoms with van der Waals surface area (Å²) in [6.45, 7) is 4.58. The van der Waals surface area contributed by atoms with Crippen molar-refractivity contribution in [1.29, 1.82) is 0 Å². The van der Waals surface area contributed by atoms with Crippen molar-refractivity contribution in [2.45, 2.75) is 112 Å². The molecule has 5 aromatic carbocycles. The number of carboxylic acids is 2. The number of fused-ring (bicyclic) bond motifs is 5. The van der Waals surface area contributed by atoms with Crippen molar-refractivity contribution in [2.75, 3.05) is 76.1 Å². The number of hydrogen-bond acceptors (Lipinski definition) is 17. The fraction of sp³-hybridized carbons (Fsp3) is 0.377. The van der Waals surface area contributed by atoms with E-state index in [1.807, 2.05) is 103 Å². The first-order valence-corrected chi connectivity index (χ1v) is 34.8. The van der Waals surface area contributed by atoms with Gasteiger partial charge in [0, 0.05) is 104 Å². The number of amides is 6. The molecule has 26 nitrogen and oxygen atoms in total. The van der Waals surface area contributed by atoms with Gasteiger partial charge in [-0.15, -0.1) is 0 Å². The van der Waals surface area contributed by atoms with E-state index in [4.69, 9.17) is 24.2 Å². The predicted octanol–water partition coefficient (Wildman–Crippen LogP) is 7.33. The molecule has 2 aliphatic carbocycles. The Morgan fingerprint density at radius 3 is 2.18 bits per heavy atom. The van der Waals surface area contributed by atoms with Gasteiger partial charge in [-0.25, -0.2) is 24.5 Å². The summed E-state index contributed by atoms with van der Waals surface area (Å²) in [5, 5.41) is 43.3. The summed E-state index contributed by atoms with van der Waals surface area (Å²) in [5.41, 5.74) is 7.45. The van der Waals surface area contributed by atoms with Crippen LogP contribution in [-0.4, -0.2) is 182 Å². The van der Waals surface area contributed by atoms with Gasteiger partial charge in [0.25, 0.3) is 5.56 Å². The largest absolute Gasteiger partial charge is 0.495 e. The number of benzene rings is 5. The van der Waals surface area contributed by atoms with Gasteiger partial charge < -0.3 is 70.1 Å². The molecule has 13 rings (SSSR count). The molecule has 0 radical (unpaired) electrons. The molecule has 3 atom stereocenters. The average molecular weight is 1400 g/mol. The second-order valence-electron chi connectivity index (χ2n) is 27.2. The van der Waals surface area contributed by atoms with Crippen molar-refractivity contribution < 1.29 is 63.1 Å². The van der Waals surface area contributed by atoms with Crippen LogP contribution in [0.25, 0.3) is 44.1 Å². The number of anilines is 2. The lowest BCUT2D eigenvalue weighted by Crippen LogP contribution is -2.58. The van der Waals surface area contributed by atoms with Crippen LogP contribution in [0.15, 0.2) is 139 Å². The Balaban J connectivity index is 0.614. The molecule has 0 spiro atoms. The number of rotatable bonds is 25. The van der Waals surface area contributed by atoms with Crippen LogP contribution in [-0.2, 0) is 46.1 Å². The van der Waals surface area contributed by atoms with E-state index in [2.05, 4.69) is 60.9 Å². The maximum Gasteiger partial charge on any atom is 0.407 e. The molecule has 8 aromatic rings. The zero-order valence-electron chi connectivity index (χ0n) is 57.5. The quantitative estimate of drug-likeness (QED) is 0.0260. The number of aromatic amines is 1. The normalized spacial score (nSPS) is 17.3. The molecular formula is C77H82N12O14. The van der Waals surface area contributed by atoms with E-state index in [0.717, 1.165) is 125 Å². The number of aliphatic hydroxyl groups excluding tert-OH is 1. The number of alkyl carbamates (subject to hydrolysis) is 1. The minimum absolute atomic E-state index is 0.0382. The number of carbonyl (C=O) groups is 7. The molecule has 1 saturated carbocycles. The number of carboxylic acid groups (broad SMARTS) is 2. The van der Waals surface area contributed by atoms with Crippen molar-refractivity contribution >= 4 is 75.2 Å². The maximum atomic E-state index is 14.2. The Morgan fingerprint density at radius 1 is 0.777 bits per heavy atom. The molecule has 0 unspecified atom stereocenters. The number of likely N-dealkylation sites (tertiary alicyclic amines) is 1. The molecule has 8 N–H and O–H groups in total. The third kappa shape index (κ3) is 15.2. The molecule has 6 amide bonds. The first-order chi connectivity index (χ1) is 49.8. The third-order valence-electron chi connectivity index (χ3n) is 20.4. The fourth-order valence-electron chi connectivity index (χ4n) is 14.6. The molecule has 3 aromatic heterocycles. The second-order valence-corrected chi connectivity index (χ2v) is 27.2. The van der Waals surface area contributed by atoms with E-state index in [1.54, 1.807) is 36.0 Å². The number of nitrogens with zero attached hydrogens (tertiary/aromatic N) is 7. The molecule has 103 heavy (non-hydrogen) atoms. The molecule has 534 valence electrons. The number of H-pyrrole nitrogens is 1. The zero-order valence-corrected chi connectivity index (χ0v) is 57.5. The summed E-state index contributed by atoms with van der Waals surface area (Å²) in [7, 11) is 3.18. The molecule has 5 aliphatic rings. The number of aromatic nitrogens is 4. The van der Waals surface area contributed by atoms with E-state index in [1.165, 1.54) is 12.0 Å². The van der Waals surface area contributed by atoms with Crippen LogP contribution < -0.4 is 41.4 Å². The molecule has 3 saturated heterocycles. The summed E-state index contributed by atoms with van der Waals surface area (Å²) in [5.74, 6) is 1.40. The van der Waals surface area contributed by atoms with Crippen LogP contribution in [0.3, 0.4) is 0 Å². The number of aryl methyl sites for hydroxylation is 1. The van der Waals surface area contributed by atoms with Crippen LogP contribution in [0.1, 0.15) is 105 Å². The van der Waals surface area contributed by atoms with Gasteiger partial charge in [-0.1, -0.05) is 96.8 Å². The Hall–Kier alpha value is -11.0. The molecule has 0 bridgehead atoms. The van der Waals surface area contributed by atoms with Gasteiger partial charge in [0.15, 0.2) is 5.60 Å². The predicted molar refractivity (Wildman–Crippen MR) is 383 cm³/mol. The first-order valence-electron chi connectivity index (χ1n) is 34.8. The van der Waals surface area contributed by atoms with Gasteiger partial charge in [0.2, 0.25) is 23.7 Å². The van der Waals surface area contributed by atoms with Gasteiger partial charge in [-0.2, -0.15) is 0 Å². The van der Waals surface area contributed by atoms with Crippen LogP contribution >= 0.6 is 0 Å². The second kappa shape index (κ2) is 30.3. The van der Waals surface area contributed by atoms with Crippen LogP contribution in [0.5, 0.6) is 5.75 Å². The zero-order chi connectivity index (χ0) is 72.1. The molecule has 26 heteroatoms. The third-order valence-corrected chi connectivity index (χ3v) is 20.4. The van der Waals surface area contributed by atoms with E-state index in [9.17, 15) is 53.7 Å². The number of aliphatic hydroxyl groups is 1. The summed E-state index contributed by atoms with van der Waals surface area (Å²) in [6, 6.07) is 34.3. The highest BCUT2D eigenvalue weighted by Gasteiger charge is 2.45. The molecular weight excluding hydrogens is 1320 g/mol.